The van der Waals surface area contributed by atoms with Gasteiger partial charge in [0, 0.05) is 30.8 Å². The van der Waals surface area contributed by atoms with Crippen LogP contribution in [-0.2, 0) is 4.79 Å². The van der Waals surface area contributed by atoms with Crippen molar-refractivity contribution in [2.24, 2.45) is 0 Å². The van der Waals surface area contributed by atoms with Crippen molar-refractivity contribution in [1.29, 1.82) is 5.26 Å². The molecule has 0 heterocycles. The number of nitrogens with one attached hydrogen (secondary N) is 2. The van der Waals surface area contributed by atoms with Gasteiger partial charge in [0.2, 0.25) is 5.91 Å². The van der Waals surface area contributed by atoms with Crippen molar-refractivity contribution in [3.63, 3.8) is 0 Å². The second-order valence-electron chi connectivity index (χ2n) is 4.50. The van der Waals surface area contributed by atoms with Gasteiger partial charge in [0.05, 0.1) is 0 Å². The summed E-state index contributed by atoms with van der Waals surface area (Å²) >= 11 is 0. The zero-order valence-electron chi connectivity index (χ0n) is 10.7. The molecule has 100 valence electrons. The summed E-state index contributed by atoms with van der Waals surface area (Å²) in [5.41, 5.74) is 0.687. The largest absolute Gasteiger partial charge is 0.479 e. The Balaban J connectivity index is 1.76. The molecule has 1 aliphatic rings. The van der Waals surface area contributed by atoms with E-state index in [4.69, 9.17) is 10.00 Å². The maximum atomic E-state index is 11.7. The number of anilines is 1. The average Bonchev–Trinajstić information content (AvgIpc) is 3.21. The first kappa shape index (κ1) is 13.4. The Morgan fingerprint density at radius 3 is 3.05 bits per heavy atom. The van der Waals surface area contributed by atoms with Gasteiger partial charge in [-0.05, 0) is 25.0 Å². The molecule has 0 bridgehead atoms. The van der Waals surface area contributed by atoms with Crippen molar-refractivity contribution in [3.05, 3.63) is 24.3 Å². The zero-order chi connectivity index (χ0) is 13.5. The highest BCUT2D eigenvalue weighted by atomic mass is 16.5. The van der Waals surface area contributed by atoms with Gasteiger partial charge in [0.15, 0.2) is 6.61 Å². The highest BCUT2D eigenvalue weighted by Crippen LogP contribution is 2.19. The molecule has 1 aromatic rings. The number of hydrogen-bond acceptors (Lipinski definition) is 4. The van der Waals surface area contributed by atoms with Gasteiger partial charge in [-0.3, -0.25) is 4.79 Å². The molecule has 0 radical (unpaired) electrons. The number of nitrogens with zero attached hydrogens (tertiary/aromatic N) is 1. The van der Waals surface area contributed by atoms with E-state index in [1.807, 2.05) is 6.07 Å². The van der Waals surface area contributed by atoms with E-state index in [1.165, 1.54) is 12.8 Å². The summed E-state index contributed by atoms with van der Waals surface area (Å²) in [5.74, 6) is 0.557. The predicted octanol–water partition coefficient (Wildman–Crippen LogP) is 1.67. The van der Waals surface area contributed by atoms with E-state index in [1.54, 1.807) is 24.3 Å². The lowest BCUT2D eigenvalue weighted by molar-refractivity contribution is -0.116. The summed E-state index contributed by atoms with van der Waals surface area (Å²) in [7, 11) is 0. The third-order valence-corrected chi connectivity index (χ3v) is 2.78. The number of carbonyl (C=O) groups is 1. The molecule has 2 N–H and O–H groups in total. The molecule has 0 spiro atoms. The lowest BCUT2D eigenvalue weighted by Crippen LogP contribution is -2.23. The van der Waals surface area contributed by atoms with E-state index in [9.17, 15) is 4.79 Å². The number of hydrogen-bond donors (Lipinski definition) is 2. The van der Waals surface area contributed by atoms with Crippen LogP contribution in [0.5, 0.6) is 5.75 Å². The standard InChI is InChI=1S/C14H17N3O2/c15-7-9-19-13-3-1-2-12(10-13)17-14(18)6-8-16-11-4-5-11/h1-3,10-11,16H,4-6,8-9H2,(H,17,18). The number of rotatable bonds is 7. The minimum absolute atomic E-state index is 0.00269. The van der Waals surface area contributed by atoms with Crippen molar-refractivity contribution in [3.8, 4) is 11.8 Å². The number of amides is 1. The molecule has 0 unspecified atom stereocenters. The summed E-state index contributed by atoms with van der Waals surface area (Å²) in [5, 5.41) is 14.5. The molecule has 5 heteroatoms. The van der Waals surface area contributed by atoms with Crippen LogP contribution in [0.15, 0.2) is 24.3 Å². The fourth-order valence-electron chi connectivity index (χ4n) is 1.68. The lowest BCUT2D eigenvalue weighted by Gasteiger charge is -2.07. The van der Waals surface area contributed by atoms with Gasteiger partial charge in [-0.2, -0.15) is 5.26 Å². The fraction of sp³-hybridized carbons (Fsp3) is 0.429. The van der Waals surface area contributed by atoms with Gasteiger partial charge in [-0.15, -0.1) is 0 Å². The van der Waals surface area contributed by atoms with E-state index in [0.717, 1.165) is 0 Å². The van der Waals surface area contributed by atoms with Gasteiger partial charge in [0.1, 0.15) is 11.8 Å². The molecule has 0 aliphatic heterocycles. The highest BCUT2D eigenvalue weighted by Gasteiger charge is 2.20. The molecule has 19 heavy (non-hydrogen) atoms. The summed E-state index contributed by atoms with van der Waals surface area (Å²) in [4.78, 5) is 11.7. The minimum Gasteiger partial charge on any atom is -0.479 e. The first-order valence-corrected chi connectivity index (χ1v) is 6.41. The first-order chi connectivity index (χ1) is 9.28. The SMILES string of the molecule is N#CCOc1cccc(NC(=O)CCNC2CC2)c1. The number of ether oxygens (including phenoxy) is 1. The Kier molecular flexibility index (Phi) is 4.76. The maximum absolute atomic E-state index is 11.7. The van der Waals surface area contributed by atoms with Crippen LogP contribution in [0.1, 0.15) is 19.3 Å². The molecule has 1 amide bonds. The van der Waals surface area contributed by atoms with Crippen molar-refractivity contribution in [2.75, 3.05) is 18.5 Å². The van der Waals surface area contributed by atoms with Gasteiger partial charge < -0.3 is 15.4 Å². The first-order valence-electron chi connectivity index (χ1n) is 6.41. The van der Waals surface area contributed by atoms with Gasteiger partial charge in [0.25, 0.3) is 0 Å². The lowest BCUT2D eigenvalue weighted by atomic mass is 10.3. The monoisotopic (exact) mass is 259 g/mol. The Bertz CT molecular complexity index is 478. The number of carbonyl (C=O) groups excluding carboxylic acids is 1. The molecule has 1 fully saturated rings. The molecule has 0 atom stereocenters. The molecule has 2 rings (SSSR count). The predicted molar refractivity (Wildman–Crippen MR) is 71.8 cm³/mol. The maximum Gasteiger partial charge on any atom is 0.225 e. The van der Waals surface area contributed by atoms with Crippen LogP contribution in [0, 0.1) is 11.3 Å². The number of benzene rings is 1. The van der Waals surface area contributed by atoms with Gasteiger partial charge >= 0.3 is 0 Å². The molecule has 0 aromatic heterocycles. The Hall–Kier alpha value is -2.06. The Labute approximate surface area is 112 Å². The number of nitriles is 1. The smallest absolute Gasteiger partial charge is 0.225 e. The van der Waals surface area contributed by atoms with Crippen molar-refractivity contribution in [2.45, 2.75) is 25.3 Å². The minimum atomic E-state index is -0.0226. The normalized spacial score (nSPS) is 13.6. The summed E-state index contributed by atoms with van der Waals surface area (Å²) in [6, 6.07) is 9.57. The molecule has 1 aliphatic carbocycles. The summed E-state index contributed by atoms with van der Waals surface area (Å²) in [6.45, 7) is 0.712. The molecule has 5 nitrogen and oxygen atoms in total. The highest BCUT2D eigenvalue weighted by molar-refractivity contribution is 5.91. The van der Waals surface area contributed by atoms with E-state index >= 15 is 0 Å². The zero-order valence-corrected chi connectivity index (χ0v) is 10.7. The van der Waals surface area contributed by atoms with Crippen molar-refractivity contribution < 1.29 is 9.53 Å². The van der Waals surface area contributed by atoms with Gasteiger partial charge in [-0.25, -0.2) is 0 Å². The van der Waals surface area contributed by atoms with E-state index in [0.29, 0.717) is 30.4 Å². The van der Waals surface area contributed by atoms with E-state index < -0.39 is 0 Å². The Morgan fingerprint density at radius 2 is 2.32 bits per heavy atom. The molecular weight excluding hydrogens is 242 g/mol. The quantitative estimate of drug-likeness (QED) is 0.781. The van der Waals surface area contributed by atoms with Crippen LogP contribution in [0.2, 0.25) is 0 Å². The topological polar surface area (TPSA) is 74.1 Å². The van der Waals surface area contributed by atoms with Crippen molar-refractivity contribution >= 4 is 11.6 Å². The third-order valence-electron chi connectivity index (χ3n) is 2.78. The van der Waals surface area contributed by atoms with Crippen LogP contribution in [-0.4, -0.2) is 25.1 Å². The summed E-state index contributed by atoms with van der Waals surface area (Å²) in [6.07, 6.45) is 2.90. The molecule has 0 saturated heterocycles. The van der Waals surface area contributed by atoms with E-state index in [-0.39, 0.29) is 12.5 Å². The van der Waals surface area contributed by atoms with Gasteiger partial charge in [-0.1, -0.05) is 6.07 Å². The van der Waals surface area contributed by atoms with E-state index in [2.05, 4.69) is 10.6 Å². The van der Waals surface area contributed by atoms with Crippen LogP contribution >= 0.6 is 0 Å². The molecule has 1 aromatic carbocycles. The third kappa shape index (κ3) is 4.98. The average molecular weight is 259 g/mol. The van der Waals surface area contributed by atoms with Crippen LogP contribution in [0.25, 0.3) is 0 Å². The molecule has 1 saturated carbocycles. The summed E-state index contributed by atoms with van der Waals surface area (Å²) < 4.78 is 5.17. The second kappa shape index (κ2) is 6.76. The Morgan fingerprint density at radius 1 is 1.47 bits per heavy atom. The van der Waals surface area contributed by atoms with Crippen LogP contribution < -0.4 is 15.4 Å². The second-order valence-corrected chi connectivity index (χ2v) is 4.50. The fourth-order valence-corrected chi connectivity index (χ4v) is 1.68. The van der Waals surface area contributed by atoms with Crippen LogP contribution in [0.3, 0.4) is 0 Å². The van der Waals surface area contributed by atoms with Crippen molar-refractivity contribution in [1.82, 2.24) is 5.32 Å². The van der Waals surface area contributed by atoms with Crippen LogP contribution in [0.4, 0.5) is 5.69 Å². The molecular formula is C14H17N3O2.